The Labute approximate surface area is 118 Å². The highest BCUT2D eigenvalue weighted by Gasteiger charge is 2.30. The van der Waals surface area contributed by atoms with Crippen LogP contribution in [0.3, 0.4) is 0 Å². The number of ketones is 1. The number of methoxy groups -OCH3 is 1. The molecule has 0 saturated heterocycles. The van der Waals surface area contributed by atoms with Gasteiger partial charge in [-0.05, 0) is 0 Å². The fraction of sp³-hybridized carbons (Fsp3) is 0.176. The van der Waals surface area contributed by atoms with Crippen molar-refractivity contribution in [2.24, 2.45) is 0 Å². The van der Waals surface area contributed by atoms with E-state index in [1.807, 2.05) is 48.5 Å². The summed E-state index contributed by atoms with van der Waals surface area (Å²) in [5, 5.41) is 0. The molecular weight excluding hydrogens is 250 g/mol. The average molecular weight is 266 g/mol. The van der Waals surface area contributed by atoms with Gasteiger partial charge >= 0.3 is 12.1 Å². The average Bonchev–Trinajstić information content (AvgIpc) is 2.53. The van der Waals surface area contributed by atoms with Gasteiger partial charge in [0.05, 0.1) is 0 Å². The van der Waals surface area contributed by atoms with E-state index >= 15 is 0 Å². The maximum atomic E-state index is 12.6. The van der Waals surface area contributed by atoms with Crippen LogP contribution in [-0.2, 0) is 4.74 Å². The zero-order valence-electron chi connectivity index (χ0n) is 11.3. The first-order valence-electron chi connectivity index (χ1n) is 6.39. The van der Waals surface area contributed by atoms with Gasteiger partial charge in [-0.3, -0.25) is 4.79 Å². The van der Waals surface area contributed by atoms with E-state index < -0.39 is 6.04 Å². The summed E-state index contributed by atoms with van der Waals surface area (Å²) in [5.41, 5.74) is 1.49. The highest BCUT2D eigenvalue weighted by molar-refractivity contribution is 6.01. The molecule has 20 heavy (non-hydrogen) atoms. The maximum Gasteiger partial charge on any atom is 0.359 e. The molecule has 0 heterocycles. The molecule has 100 valence electrons. The van der Waals surface area contributed by atoms with E-state index in [1.54, 1.807) is 19.2 Å². The van der Waals surface area contributed by atoms with Crippen LogP contribution in [0.15, 0.2) is 60.7 Å². The minimum atomic E-state index is -0.575. The first kappa shape index (κ1) is 14.0. The molecule has 0 amide bonds. The molecule has 0 radical (unpaired) electrons. The quantitative estimate of drug-likeness (QED) is 0.792. The van der Waals surface area contributed by atoms with E-state index in [2.05, 4.69) is 10.9 Å². The summed E-state index contributed by atoms with van der Waals surface area (Å²) in [7, 11) is 1.57. The Morgan fingerprint density at radius 1 is 1.10 bits per heavy atom. The highest BCUT2D eigenvalue weighted by atomic mass is 16.5. The number of carbonyl (C=O) groups excluding carboxylic acids is 1. The summed E-state index contributed by atoms with van der Waals surface area (Å²) >= 11 is 0. The Hall–Kier alpha value is -2.44. The summed E-state index contributed by atoms with van der Waals surface area (Å²) < 4.78 is 4.90. The third kappa shape index (κ3) is 3.53. The van der Waals surface area contributed by atoms with Gasteiger partial charge < -0.3 is 4.74 Å². The molecule has 2 aromatic carbocycles. The Balaban J connectivity index is 2.33. The summed E-state index contributed by atoms with van der Waals surface area (Å²) in [4.78, 5) is 16.8. The first-order chi connectivity index (χ1) is 9.83. The van der Waals surface area contributed by atoms with Crippen LogP contribution in [0.25, 0.3) is 4.85 Å². The maximum absolute atomic E-state index is 12.6. The van der Waals surface area contributed by atoms with E-state index in [9.17, 15) is 4.79 Å². The molecule has 3 heteroatoms. The van der Waals surface area contributed by atoms with Crippen LogP contribution in [0.4, 0.5) is 0 Å². The smallest absolute Gasteiger partial charge is 0.359 e. The number of hydrogen-bond donors (Lipinski definition) is 0. The van der Waals surface area contributed by atoms with E-state index in [4.69, 9.17) is 4.74 Å². The molecule has 0 fully saturated rings. The minimum Gasteiger partial charge on any atom is -0.365 e. The lowest BCUT2D eigenvalue weighted by Gasteiger charge is -2.01. The van der Waals surface area contributed by atoms with Crippen molar-refractivity contribution in [2.75, 3.05) is 13.7 Å². The molecule has 0 aliphatic rings. The number of Topliss-reactive ketones (excluding diaryl/α,β-unsaturated/α-hetero) is 1. The standard InChI is InChI=1S/C17H16NO2/c1-20-13-12-18-16(14-8-4-2-5-9-14)17(19)15-10-6-3-7-11-15/h2-11,16H,13H2,1H3/q+1. The lowest BCUT2D eigenvalue weighted by molar-refractivity contribution is 0.0975. The van der Waals surface area contributed by atoms with Gasteiger partial charge in [0.1, 0.15) is 0 Å². The van der Waals surface area contributed by atoms with Gasteiger partial charge in [0.15, 0.2) is 6.61 Å². The minimum absolute atomic E-state index is 0.0413. The van der Waals surface area contributed by atoms with Gasteiger partial charge in [-0.25, -0.2) is 0 Å². The van der Waals surface area contributed by atoms with Crippen molar-refractivity contribution in [3.63, 3.8) is 0 Å². The Morgan fingerprint density at radius 2 is 1.70 bits per heavy atom. The Bertz CT molecular complexity index is 612. The second-order valence-electron chi connectivity index (χ2n) is 4.26. The molecule has 0 aliphatic heterocycles. The largest absolute Gasteiger partial charge is 0.365 e. The summed E-state index contributed by atoms with van der Waals surface area (Å²) in [6.45, 7) is 0.269. The molecular formula is C17H16NO2+. The summed E-state index contributed by atoms with van der Waals surface area (Å²) in [6.07, 6.45) is 0. The molecule has 0 bridgehead atoms. The number of ether oxygens (including phenoxy) is 1. The molecule has 3 nitrogen and oxygen atoms in total. The van der Waals surface area contributed by atoms with E-state index in [0.29, 0.717) is 5.56 Å². The van der Waals surface area contributed by atoms with Crippen LogP contribution in [0.5, 0.6) is 0 Å². The normalized spacial score (nSPS) is 11.2. The van der Waals surface area contributed by atoms with E-state index in [1.165, 1.54) is 0 Å². The molecule has 1 unspecified atom stereocenters. The van der Waals surface area contributed by atoms with Crippen LogP contribution in [0, 0.1) is 6.07 Å². The monoisotopic (exact) mass is 266 g/mol. The molecule has 0 aliphatic carbocycles. The molecule has 0 N–H and O–H groups in total. The van der Waals surface area contributed by atoms with Crippen LogP contribution in [-0.4, -0.2) is 19.5 Å². The van der Waals surface area contributed by atoms with Crippen molar-refractivity contribution >= 4 is 5.78 Å². The van der Waals surface area contributed by atoms with Crippen LogP contribution in [0.1, 0.15) is 22.0 Å². The molecule has 2 rings (SSSR count). The van der Waals surface area contributed by atoms with E-state index in [-0.39, 0.29) is 12.4 Å². The molecule has 0 spiro atoms. The van der Waals surface area contributed by atoms with Gasteiger partial charge in [0, 0.05) is 18.2 Å². The van der Waals surface area contributed by atoms with Crippen LogP contribution < -0.4 is 0 Å². The van der Waals surface area contributed by atoms with Gasteiger partial charge in [-0.1, -0.05) is 65.5 Å². The zero-order chi connectivity index (χ0) is 14.2. The lowest BCUT2D eigenvalue weighted by atomic mass is 9.98. The number of benzene rings is 2. The number of rotatable bonds is 4. The van der Waals surface area contributed by atoms with Crippen LogP contribution in [0.2, 0.25) is 0 Å². The first-order valence-corrected chi connectivity index (χ1v) is 6.39. The van der Waals surface area contributed by atoms with E-state index in [0.717, 1.165) is 5.56 Å². The fourth-order valence-corrected chi connectivity index (χ4v) is 1.87. The third-order valence-corrected chi connectivity index (χ3v) is 2.85. The predicted octanol–water partition coefficient (Wildman–Crippen LogP) is 3.59. The van der Waals surface area contributed by atoms with Crippen molar-refractivity contribution in [1.29, 1.82) is 0 Å². The number of hydrogen-bond acceptors (Lipinski definition) is 2. The van der Waals surface area contributed by atoms with Gasteiger partial charge in [-0.2, -0.15) is 0 Å². The number of carbonyl (C=O) groups is 1. The molecule has 0 saturated carbocycles. The topological polar surface area (TPSA) is 30.7 Å². The van der Waals surface area contributed by atoms with Crippen LogP contribution >= 0.6 is 0 Å². The Kier molecular flexibility index (Phi) is 5.05. The summed E-state index contributed by atoms with van der Waals surface area (Å²) in [5.74, 6) is -0.0413. The highest BCUT2D eigenvalue weighted by Crippen LogP contribution is 2.22. The molecule has 1 atom stereocenters. The van der Waals surface area contributed by atoms with Crippen molar-refractivity contribution in [1.82, 2.24) is 0 Å². The second kappa shape index (κ2) is 7.22. The SMILES string of the molecule is COCC#[N+]C(C(=O)c1ccccc1)c1ccccc1. The zero-order valence-corrected chi connectivity index (χ0v) is 11.3. The summed E-state index contributed by atoms with van der Waals surface area (Å²) in [6, 6.07) is 20.8. The third-order valence-electron chi connectivity index (χ3n) is 2.85. The van der Waals surface area contributed by atoms with Crippen molar-refractivity contribution in [2.45, 2.75) is 6.04 Å². The predicted molar refractivity (Wildman–Crippen MR) is 79.1 cm³/mol. The Morgan fingerprint density at radius 3 is 2.30 bits per heavy atom. The van der Waals surface area contributed by atoms with Gasteiger partial charge in [0.25, 0.3) is 5.78 Å². The van der Waals surface area contributed by atoms with Gasteiger partial charge in [0.2, 0.25) is 0 Å². The van der Waals surface area contributed by atoms with Crippen molar-refractivity contribution in [3.05, 3.63) is 76.6 Å². The number of nitrogens with zero attached hydrogens (tertiary/aromatic N) is 1. The molecule has 0 aromatic heterocycles. The fourth-order valence-electron chi connectivity index (χ4n) is 1.87. The lowest BCUT2D eigenvalue weighted by Crippen LogP contribution is -2.09. The molecule has 2 aromatic rings. The van der Waals surface area contributed by atoms with Crippen molar-refractivity contribution < 1.29 is 9.53 Å². The second-order valence-corrected chi connectivity index (χ2v) is 4.26. The van der Waals surface area contributed by atoms with Gasteiger partial charge in [-0.15, -0.1) is 0 Å². The van der Waals surface area contributed by atoms with Crippen molar-refractivity contribution in [3.8, 4) is 6.07 Å².